The minimum absolute atomic E-state index is 0.0861. The van der Waals surface area contributed by atoms with E-state index in [4.69, 9.17) is 11.6 Å². The normalized spacial score (nSPS) is 23.4. The van der Waals surface area contributed by atoms with Gasteiger partial charge in [0.25, 0.3) is 0 Å². The minimum Gasteiger partial charge on any atom is -0.281 e. The van der Waals surface area contributed by atoms with Crippen molar-refractivity contribution in [3.05, 3.63) is 0 Å². The molecule has 0 aromatic rings. The zero-order valence-electron chi connectivity index (χ0n) is 11.9. The Labute approximate surface area is 118 Å². The van der Waals surface area contributed by atoms with Crippen LogP contribution in [0.4, 0.5) is 0 Å². The minimum atomic E-state index is -0.0861. The molecule has 0 aromatic heterocycles. The molecular weight excluding hydrogens is 244 g/mol. The number of hydrogen-bond acceptors (Lipinski definition) is 1. The molecule has 0 N–H and O–H groups in total. The van der Waals surface area contributed by atoms with Crippen LogP contribution in [-0.2, 0) is 4.79 Å². The van der Waals surface area contributed by atoms with Gasteiger partial charge in [0.15, 0.2) is 0 Å². The van der Waals surface area contributed by atoms with E-state index in [2.05, 4.69) is 6.92 Å². The molecule has 0 aromatic carbocycles. The van der Waals surface area contributed by atoms with Crippen molar-refractivity contribution < 1.29 is 4.79 Å². The van der Waals surface area contributed by atoms with E-state index in [0.717, 1.165) is 6.42 Å². The van der Waals surface area contributed by atoms with Crippen LogP contribution >= 0.6 is 11.6 Å². The molecule has 2 atom stereocenters. The van der Waals surface area contributed by atoms with E-state index in [1.807, 2.05) is 0 Å². The molecule has 0 saturated heterocycles. The SMILES string of the molecule is CCCCCCCCCC[C@H]1CCC[C@@H]1C(=O)Cl. The van der Waals surface area contributed by atoms with Crippen molar-refractivity contribution in [2.75, 3.05) is 0 Å². The Hall–Kier alpha value is -0.0400. The summed E-state index contributed by atoms with van der Waals surface area (Å²) in [5.74, 6) is 0.770. The molecule has 1 saturated carbocycles. The van der Waals surface area contributed by atoms with Crippen LogP contribution in [0.5, 0.6) is 0 Å². The standard InChI is InChI=1S/C16H29ClO/c1-2-3-4-5-6-7-8-9-11-14-12-10-13-15(14)16(17)18/h14-15H,2-13H2,1H3/t14-,15-/m0/s1. The molecule has 1 fully saturated rings. The average molecular weight is 273 g/mol. The first-order valence-corrected chi connectivity index (χ1v) is 8.32. The molecule has 0 bridgehead atoms. The summed E-state index contributed by atoms with van der Waals surface area (Å²) in [6, 6.07) is 0. The molecule has 0 unspecified atom stereocenters. The van der Waals surface area contributed by atoms with Gasteiger partial charge < -0.3 is 0 Å². The molecule has 1 nitrogen and oxygen atoms in total. The van der Waals surface area contributed by atoms with E-state index < -0.39 is 0 Å². The molecule has 0 spiro atoms. The second-order valence-corrected chi connectivity index (χ2v) is 6.24. The summed E-state index contributed by atoms with van der Waals surface area (Å²) in [4.78, 5) is 11.3. The molecule has 18 heavy (non-hydrogen) atoms. The molecule has 2 heteroatoms. The van der Waals surface area contributed by atoms with Gasteiger partial charge in [-0.25, -0.2) is 0 Å². The van der Waals surface area contributed by atoms with Crippen LogP contribution in [0.25, 0.3) is 0 Å². The highest BCUT2D eigenvalue weighted by atomic mass is 35.5. The summed E-state index contributed by atoms with van der Waals surface area (Å²) in [7, 11) is 0. The molecule has 106 valence electrons. The molecule has 0 aliphatic heterocycles. The summed E-state index contributed by atoms with van der Waals surface area (Å²) in [5.41, 5.74) is 0. The van der Waals surface area contributed by atoms with Crippen molar-refractivity contribution in [1.29, 1.82) is 0 Å². The number of carbonyl (C=O) groups is 1. The van der Waals surface area contributed by atoms with Crippen LogP contribution in [0.1, 0.15) is 84.0 Å². The maximum absolute atomic E-state index is 11.3. The van der Waals surface area contributed by atoms with Gasteiger partial charge in [-0.05, 0) is 36.8 Å². The van der Waals surface area contributed by atoms with E-state index in [1.54, 1.807) is 0 Å². The first kappa shape index (κ1) is 16.0. The van der Waals surface area contributed by atoms with Gasteiger partial charge in [0.05, 0.1) is 0 Å². The van der Waals surface area contributed by atoms with Gasteiger partial charge in [-0.3, -0.25) is 4.79 Å². The number of carbonyl (C=O) groups excluding carboxylic acids is 1. The number of halogens is 1. The number of rotatable bonds is 10. The third-order valence-corrected chi connectivity index (χ3v) is 4.66. The lowest BCUT2D eigenvalue weighted by molar-refractivity contribution is -0.116. The Morgan fingerprint density at radius 3 is 2.22 bits per heavy atom. The molecule has 1 rings (SSSR count). The van der Waals surface area contributed by atoms with Crippen LogP contribution in [0.2, 0.25) is 0 Å². The highest BCUT2D eigenvalue weighted by molar-refractivity contribution is 6.64. The van der Waals surface area contributed by atoms with E-state index in [-0.39, 0.29) is 11.2 Å². The lowest BCUT2D eigenvalue weighted by Crippen LogP contribution is -2.14. The molecule has 1 aliphatic carbocycles. The zero-order valence-corrected chi connectivity index (χ0v) is 12.7. The maximum atomic E-state index is 11.3. The lowest BCUT2D eigenvalue weighted by atomic mass is 9.91. The van der Waals surface area contributed by atoms with Gasteiger partial charge >= 0.3 is 0 Å². The first-order valence-electron chi connectivity index (χ1n) is 7.95. The fourth-order valence-electron chi connectivity index (χ4n) is 3.22. The van der Waals surface area contributed by atoms with Crippen molar-refractivity contribution in [3.8, 4) is 0 Å². The molecule has 0 radical (unpaired) electrons. The van der Waals surface area contributed by atoms with E-state index >= 15 is 0 Å². The summed E-state index contributed by atoms with van der Waals surface area (Å²) < 4.78 is 0. The number of hydrogen-bond donors (Lipinski definition) is 0. The predicted molar refractivity (Wildman–Crippen MR) is 78.9 cm³/mol. The second-order valence-electron chi connectivity index (χ2n) is 5.87. The first-order chi connectivity index (χ1) is 8.75. The van der Waals surface area contributed by atoms with Crippen LogP contribution in [0.15, 0.2) is 0 Å². The second kappa shape index (κ2) is 9.83. The molecule has 0 amide bonds. The Morgan fingerprint density at radius 2 is 1.61 bits per heavy atom. The summed E-state index contributed by atoms with van der Waals surface area (Å²) >= 11 is 5.65. The smallest absolute Gasteiger partial charge is 0.224 e. The highest BCUT2D eigenvalue weighted by Crippen LogP contribution is 2.36. The third kappa shape index (κ3) is 6.22. The Bertz CT molecular complexity index is 227. The molecule has 0 heterocycles. The molecule has 1 aliphatic rings. The van der Waals surface area contributed by atoms with Gasteiger partial charge in [-0.15, -0.1) is 0 Å². The Kier molecular flexibility index (Phi) is 8.75. The Balaban J connectivity index is 1.96. The van der Waals surface area contributed by atoms with Gasteiger partial charge in [-0.2, -0.15) is 0 Å². The monoisotopic (exact) mass is 272 g/mol. The van der Waals surface area contributed by atoms with Crippen molar-refractivity contribution in [3.63, 3.8) is 0 Å². The topological polar surface area (TPSA) is 17.1 Å². The van der Waals surface area contributed by atoms with Crippen LogP contribution in [0.3, 0.4) is 0 Å². The van der Waals surface area contributed by atoms with Gasteiger partial charge in [0, 0.05) is 5.92 Å². The summed E-state index contributed by atoms with van der Waals surface area (Å²) in [6.45, 7) is 2.26. The fourth-order valence-corrected chi connectivity index (χ4v) is 3.51. The van der Waals surface area contributed by atoms with Crippen LogP contribution in [-0.4, -0.2) is 5.24 Å². The largest absolute Gasteiger partial charge is 0.281 e. The van der Waals surface area contributed by atoms with Crippen molar-refractivity contribution >= 4 is 16.8 Å². The van der Waals surface area contributed by atoms with Gasteiger partial charge in [0.2, 0.25) is 5.24 Å². The van der Waals surface area contributed by atoms with Crippen molar-refractivity contribution in [1.82, 2.24) is 0 Å². The molecular formula is C16H29ClO. The van der Waals surface area contributed by atoms with Crippen LogP contribution in [0, 0.1) is 11.8 Å². The van der Waals surface area contributed by atoms with Crippen molar-refractivity contribution in [2.24, 2.45) is 11.8 Å². The zero-order chi connectivity index (χ0) is 13.2. The highest BCUT2D eigenvalue weighted by Gasteiger charge is 2.31. The summed E-state index contributed by atoms with van der Waals surface area (Å²) in [5, 5.41) is -0.0861. The Morgan fingerprint density at radius 1 is 1.00 bits per heavy atom. The fraction of sp³-hybridized carbons (Fsp3) is 0.938. The van der Waals surface area contributed by atoms with Gasteiger partial charge in [-0.1, -0.05) is 64.7 Å². The van der Waals surface area contributed by atoms with Gasteiger partial charge in [0.1, 0.15) is 0 Å². The van der Waals surface area contributed by atoms with Crippen molar-refractivity contribution in [2.45, 2.75) is 84.0 Å². The maximum Gasteiger partial charge on any atom is 0.224 e. The predicted octanol–water partition coefficient (Wildman–Crippen LogP) is 5.70. The van der Waals surface area contributed by atoms with E-state index in [0.29, 0.717) is 5.92 Å². The number of unbranched alkanes of at least 4 members (excludes halogenated alkanes) is 7. The summed E-state index contributed by atoms with van der Waals surface area (Å²) in [6.07, 6.45) is 15.6. The average Bonchev–Trinajstić information content (AvgIpc) is 2.81. The van der Waals surface area contributed by atoms with E-state index in [1.165, 1.54) is 70.6 Å². The lowest BCUT2D eigenvalue weighted by Gasteiger charge is -2.15. The van der Waals surface area contributed by atoms with Crippen LogP contribution < -0.4 is 0 Å². The quantitative estimate of drug-likeness (QED) is 0.368. The van der Waals surface area contributed by atoms with E-state index in [9.17, 15) is 4.79 Å². The third-order valence-electron chi connectivity index (χ3n) is 4.38.